The van der Waals surface area contributed by atoms with Gasteiger partial charge in [0.2, 0.25) is 0 Å². The van der Waals surface area contributed by atoms with Crippen molar-refractivity contribution < 1.29 is 4.79 Å². The second-order valence-electron chi connectivity index (χ2n) is 2.41. The number of H-pyrrole nitrogens is 1. The number of aldehydes is 1. The predicted octanol–water partition coefficient (Wildman–Crippen LogP) is 0.508. The van der Waals surface area contributed by atoms with E-state index < -0.39 is 0 Å². The van der Waals surface area contributed by atoms with E-state index in [1.807, 2.05) is 0 Å². The fraction of sp³-hybridized carbons (Fsp3) is 0. The molecule has 2 aromatic heterocycles. The van der Waals surface area contributed by atoms with Gasteiger partial charge in [0.15, 0.2) is 6.29 Å². The molecular formula is C9H5N3O. The Morgan fingerprint density at radius 3 is 3.23 bits per heavy atom. The highest BCUT2D eigenvalue weighted by Crippen LogP contribution is 2.08. The second-order valence-corrected chi connectivity index (χ2v) is 2.41. The molecule has 0 aromatic carbocycles. The molecule has 0 aliphatic carbocycles. The summed E-state index contributed by atoms with van der Waals surface area (Å²) in [7, 11) is 0. The SMILES string of the molecule is O=CC#Cc1cc2cn[nH]c2cn1. The van der Waals surface area contributed by atoms with Crippen LogP contribution in [0.2, 0.25) is 0 Å². The minimum atomic E-state index is 0.543. The van der Waals surface area contributed by atoms with E-state index in [0.717, 1.165) is 10.9 Å². The first-order chi connectivity index (χ1) is 6.40. The van der Waals surface area contributed by atoms with Crippen LogP contribution in [0.15, 0.2) is 18.5 Å². The first-order valence-electron chi connectivity index (χ1n) is 3.64. The summed E-state index contributed by atoms with van der Waals surface area (Å²) in [5, 5.41) is 7.55. The lowest BCUT2D eigenvalue weighted by Crippen LogP contribution is -1.81. The van der Waals surface area contributed by atoms with Crippen LogP contribution in [0.4, 0.5) is 0 Å². The van der Waals surface area contributed by atoms with Gasteiger partial charge < -0.3 is 0 Å². The van der Waals surface area contributed by atoms with Crippen LogP contribution < -0.4 is 0 Å². The molecule has 0 aliphatic heterocycles. The zero-order chi connectivity index (χ0) is 9.10. The number of pyridine rings is 1. The molecule has 0 spiro atoms. The zero-order valence-electron chi connectivity index (χ0n) is 6.61. The van der Waals surface area contributed by atoms with E-state index in [2.05, 4.69) is 27.0 Å². The van der Waals surface area contributed by atoms with Crippen LogP contribution >= 0.6 is 0 Å². The van der Waals surface area contributed by atoms with Crippen molar-refractivity contribution in [3.63, 3.8) is 0 Å². The van der Waals surface area contributed by atoms with Crippen LogP contribution in [0.1, 0.15) is 5.69 Å². The van der Waals surface area contributed by atoms with Gasteiger partial charge in [-0.25, -0.2) is 4.98 Å². The first-order valence-corrected chi connectivity index (χ1v) is 3.64. The maximum Gasteiger partial charge on any atom is 0.193 e. The number of aromatic amines is 1. The topological polar surface area (TPSA) is 58.6 Å². The Kier molecular flexibility index (Phi) is 1.77. The molecule has 2 heterocycles. The van der Waals surface area contributed by atoms with E-state index in [0.29, 0.717) is 12.0 Å². The van der Waals surface area contributed by atoms with E-state index in [1.165, 1.54) is 0 Å². The van der Waals surface area contributed by atoms with E-state index in [4.69, 9.17) is 0 Å². The molecule has 2 rings (SSSR count). The van der Waals surface area contributed by atoms with Crippen molar-refractivity contribution in [2.24, 2.45) is 0 Å². The van der Waals surface area contributed by atoms with E-state index >= 15 is 0 Å². The average molecular weight is 171 g/mol. The van der Waals surface area contributed by atoms with Crippen LogP contribution in [0.3, 0.4) is 0 Å². The summed E-state index contributed by atoms with van der Waals surface area (Å²) in [5.74, 6) is 4.90. The molecule has 0 amide bonds. The van der Waals surface area contributed by atoms with Crippen molar-refractivity contribution in [3.8, 4) is 11.8 Å². The lowest BCUT2D eigenvalue weighted by Gasteiger charge is -1.88. The van der Waals surface area contributed by atoms with Crippen LogP contribution in [-0.2, 0) is 4.79 Å². The molecule has 0 saturated heterocycles. The van der Waals surface area contributed by atoms with Crippen LogP contribution in [-0.4, -0.2) is 21.5 Å². The van der Waals surface area contributed by atoms with E-state index in [-0.39, 0.29) is 0 Å². The lowest BCUT2D eigenvalue weighted by atomic mass is 10.3. The zero-order valence-corrected chi connectivity index (χ0v) is 6.61. The Hall–Kier alpha value is -2.15. The van der Waals surface area contributed by atoms with Gasteiger partial charge in [0.25, 0.3) is 0 Å². The highest BCUT2D eigenvalue weighted by atomic mass is 16.1. The minimum absolute atomic E-state index is 0.543. The molecule has 2 aromatic rings. The maximum atomic E-state index is 9.97. The Morgan fingerprint density at radius 2 is 2.38 bits per heavy atom. The van der Waals surface area contributed by atoms with Crippen molar-refractivity contribution in [2.45, 2.75) is 0 Å². The van der Waals surface area contributed by atoms with Crippen molar-refractivity contribution in [1.82, 2.24) is 15.2 Å². The Morgan fingerprint density at radius 1 is 1.46 bits per heavy atom. The molecule has 0 atom stereocenters. The third kappa shape index (κ3) is 1.40. The minimum Gasteiger partial charge on any atom is -0.289 e. The third-order valence-corrected chi connectivity index (χ3v) is 1.58. The normalized spacial score (nSPS) is 9.23. The smallest absolute Gasteiger partial charge is 0.193 e. The molecular weight excluding hydrogens is 166 g/mol. The van der Waals surface area contributed by atoms with Crippen molar-refractivity contribution >= 4 is 17.2 Å². The Balaban J connectivity index is 2.54. The number of aromatic nitrogens is 3. The summed E-state index contributed by atoms with van der Waals surface area (Å²) in [6.07, 6.45) is 3.86. The van der Waals surface area contributed by atoms with Gasteiger partial charge in [0.05, 0.1) is 17.9 Å². The molecule has 4 nitrogen and oxygen atoms in total. The number of nitrogens with one attached hydrogen (secondary N) is 1. The van der Waals surface area contributed by atoms with Gasteiger partial charge in [-0.2, -0.15) is 5.10 Å². The fourth-order valence-corrected chi connectivity index (χ4v) is 1.01. The predicted molar refractivity (Wildman–Crippen MR) is 46.8 cm³/mol. The summed E-state index contributed by atoms with van der Waals surface area (Å²) >= 11 is 0. The molecule has 62 valence electrons. The van der Waals surface area contributed by atoms with Crippen LogP contribution in [0, 0.1) is 11.8 Å². The van der Waals surface area contributed by atoms with Gasteiger partial charge in [-0.15, -0.1) is 0 Å². The third-order valence-electron chi connectivity index (χ3n) is 1.58. The molecule has 0 radical (unpaired) electrons. The Labute approximate surface area is 74.0 Å². The molecule has 0 fully saturated rings. The summed E-state index contributed by atoms with van der Waals surface area (Å²) < 4.78 is 0. The summed E-state index contributed by atoms with van der Waals surface area (Å²) in [5.41, 5.74) is 1.43. The molecule has 0 aliphatic rings. The van der Waals surface area contributed by atoms with Crippen molar-refractivity contribution in [2.75, 3.05) is 0 Å². The molecule has 13 heavy (non-hydrogen) atoms. The maximum absolute atomic E-state index is 9.97. The fourth-order valence-electron chi connectivity index (χ4n) is 1.01. The standard InChI is InChI=1S/C9H5N3O/c13-3-1-2-8-4-7-5-11-12-9(7)6-10-8/h3-6H,(H,11,12). The highest BCUT2D eigenvalue weighted by Gasteiger charge is 1.95. The molecule has 1 N–H and O–H groups in total. The van der Waals surface area contributed by atoms with E-state index in [9.17, 15) is 4.79 Å². The molecule has 0 unspecified atom stereocenters. The summed E-state index contributed by atoms with van der Waals surface area (Å²) in [4.78, 5) is 14.0. The number of hydrogen-bond donors (Lipinski definition) is 1. The number of carbonyl (C=O) groups is 1. The molecule has 0 saturated carbocycles. The van der Waals surface area contributed by atoms with Gasteiger partial charge in [-0.05, 0) is 17.9 Å². The summed E-state index contributed by atoms with van der Waals surface area (Å²) in [6, 6.07) is 1.77. The van der Waals surface area contributed by atoms with E-state index in [1.54, 1.807) is 18.5 Å². The van der Waals surface area contributed by atoms with Crippen LogP contribution in [0.25, 0.3) is 10.9 Å². The second kappa shape index (κ2) is 3.07. The van der Waals surface area contributed by atoms with Gasteiger partial charge in [0, 0.05) is 5.39 Å². The van der Waals surface area contributed by atoms with Gasteiger partial charge in [0.1, 0.15) is 5.69 Å². The monoisotopic (exact) mass is 171 g/mol. The number of rotatable bonds is 0. The quantitative estimate of drug-likeness (QED) is 0.464. The summed E-state index contributed by atoms with van der Waals surface area (Å²) in [6.45, 7) is 0. The first kappa shape index (κ1) is 7.50. The van der Waals surface area contributed by atoms with Crippen molar-refractivity contribution in [1.29, 1.82) is 0 Å². The Bertz CT molecular complexity index is 504. The number of hydrogen-bond acceptors (Lipinski definition) is 3. The lowest BCUT2D eigenvalue weighted by molar-refractivity contribution is -0.103. The van der Waals surface area contributed by atoms with Gasteiger partial charge in [-0.3, -0.25) is 9.89 Å². The van der Waals surface area contributed by atoms with Gasteiger partial charge >= 0.3 is 0 Å². The van der Waals surface area contributed by atoms with Crippen molar-refractivity contribution in [3.05, 3.63) is 24.2 Å². The van der Waals surface area contributed by atoms with Crippen LogP contribution in [0.5, 0.6) is 0 Å². The largest absolute Gasteiger partial charge is 0.289 e. The number of nitrogens with zero attached hydrogens (tertiary/aromatic N) is 2. The number of fused-ring (bicyclic) bond motifs is 1. The van der Waals surface area contributed by atoms with Gasteiger partial charge in [-0.1, -0.05) is 0 Å². The number of carbonyl (C=O) groups excluding carboxylic acids is 1. The highest BCUT2D eigenvalue weighted by molar-refractivity contribution is 5.79. The average Bonchev–Trinajstić information content (AvgIpc) is 2.61. The molecule has 0 bridgehead atoms. The molecule has 4 heteroatoms.